The molecule has 5 rings (SSSR count). The summed E-state index contributed by atoms with van der Waals surface area (Å²) in [4.78, 5) is 20.1. The van der Waals surface area contributed by atoms with E-state index in [0.29, 0.717) is 22.0 Å². The minimum Gasteiger partial charge on any atom is -0.401 e. The fourth-order valence-electron chi connectivity index (χ4n) is 4.31. The van der Waals surface area contributed by atoms with E-state index >= 15 is 0 Å². The maximum Gasteiger partial charge on any atom is 0.262 e. The summed E-state index contributed by atoms with van der Waals surface area (Å²) < 4.78 is 1.91. The third-order valence-corrected chi connectivity index (χ3v) is 6.31. The van der Waals surface area contributed by atoms with Crippen LogP contribution in [0.15, 0.2) is 52.8 Å². The van der Waals surface area contributed by atoms with Crippen molar-refractivity contribution in [3.05, 3.63) is 69.8 Å². The predicted molar refractivity (Wildman–Crippen MR) is 121 cm³/mol. The van der Waals surface area contributed by atoms with Crippen LogP contribution in [0, 0.1) is 19.8 Å². The Kier molecular flexibility index (Phi) is 4.59. The van der Waals surface area contributed by atoms with Crippen LogP contribution in [0.5, 0.6) is 0 Å². The summed E-state index contributed by atoms with van der Waals surface area (Å²) in [5, 5.41) is 9.06. The van der Waals surface area contributed by atoms with Gasteiger partial charge < -0.3 is 5.73 Å². The number of hydrogen-bond acceptors (Lipinski definition) is 5. The number of aromatic nitrogens is 3. The molecule has 0 spiro atoms. The number of anilines is 1. The van der Waals surface area contributed by atoms with Gasteiger partial charge in [0.15, 0.2) is 5.65 Å². The molecule has 2 aromatic heterocycles. The van der Waals surface area contributed by atoms with Gasteiger partial charge in [-0.2, -0.15) is 0 Å². The van der Waals surface area contributed by atoms with Gasteiger partial charge >= 0.3 is 0 Å². The van der Waals surface area contributed by atoms with Crippen molar-refractivity contribution >= 4 is 34.6 Å². The fraction of sp³-hybridized carbons (Fsp3) is 0.304. The molecule has 1 amide bonds. The van der Waals surface area contributed by atoms with Crippen molar-refractivity contribution in [3.63, 3.8) is 0 Å². The molecule has 1 saturated heterocycles. The molecule has 1 atom stereocenters. The highest BCUT2D eigenvalue weighted by molar-refractivity contribution is 6.35. The Morgan fingerprint density at radius 3 is 2.55 bits per heavy atom. The number of amides is 1. The van der Waals surface area contributed by atoms with E-state index in [0.717, 1.165) is 41.1 Å². The number of nitrogens with two attached hydrogens (primary N) is 1. The number of rotatable bonds is 3. The Balaban J connectivity index is 1.75. The number of aliphatic imine (C=N–C) groups is 1. The van der Waals surface area contributed by atoms with Crippen LogP contribution in [-0.2, 0) is 4.79 Å². The summed E-state index contributed by atoms with van der Waals surface area (Å²) in [6.07, 6.45) is 3.92. The van der Waals surface area contributed by atoms with Gasteiger partial charge in [-0.3, -0.25) is 19.1 Å². The highest BCUT2D eigenvalue weighted by Gasteiger charge is 2.46. The number of allylic oxidation sites excluding steroid dienone is 1. The molecular formula is C23H23ClN6O. The van der Waals surface area contributed by atoms with Gasteiger partial charge in [0.25, 0.3) is 5.91 Å². The predicted octanol–water partition coefficient (Wildman–Crippen LogP) is 3.78. The van der Waals surface area contributed by atoms with Crippen LogP contribution < -0.4 is 10.6 Å². The minimum absolute atomic E-state index is 0.130. The zero-order chi connectivity index (χ0) is 21.9. The zero-order valence-corrected chi connectivity index (χ0v) is 18.4. The number of benzene rings is 1. The van der Waals surface area contributed by atoms with Gasteiger partial charge in [0.2, 0.25) is 0 Å². The van der Waals surface area contributed by atoms with Crippen LogP contribution in [0.1, 0.15) is 35.8 Å². The van der Waals surface area contributed by atoms with Gasteiger partial charge in [-0.1, -0.05) is 23.7 Å². The van der Waals surface area contributed by atoms with Crippen molar-refractivity contribution in [2.24, 2.45) is 16.6 Å². The van der Waals surface area contributed by atoms with Crippen LogP contribution in [0.3, 0.4) is 0 Å². The van der Waals surface area contributed by atoms with Crippen molar-refractivity contribution in [3.8, 4) is 0 Å². The van der Waals surface area contributed by atoms with Crippen LogP contribution in [0.25, 0.3) is 5.65 Å². The first-order valence-electron chi connectivity index (χ1n) is 10.3. The average molecular weight is 435 g/mol. The van der Waals surface area contributed by atoms with Crippen molar-refractivity contribution in [2.45, 2.75) is 32.7 Å². The van der Waals surface area contributed by atoms with Crippen LogP contribution >= 0.6 is 11.6 Å². The molecule has 1 aliphatic carbocycles. The van der Waals surface area contributed by atoms with E-state index in [1.165, 1.54) is 0 Å². The number of fused-ring (bicyclic) bond motifs is 1. The van der Waals surface area contributed by atoms with Crippen molar-refractivity contribution in [2.75, 3.05) is 11.9 Å². The number of aryl methyl sites for hydroxylation is 2. The molecule has 1 aromatic carbocycles. The summed E-state index contributed by atoms with van der Waals surface area (Å²) in [5.41, 5.74) is 11.7. The Morgan fingerprint density at radius 1 is 1.19 bits per heavy atom. The molecule has 31 heavy (non-hydrogen) atoms. The van der Waals surface area contributed by atoms with Gasteiger partial charge in [0.05, 0.1) is 17.0 Å². The van der Waals surface area contributed by atoms with E-state index in [2.05, 4.69) is 15.2 Å². The van der Waals surface area contributed by atoms with Crippen LogP contribution in [-0.4, -0.2) is 33.3 Å². The average Bonchev–Trinajstić information content (AvgIpc) is 3.48. The third kappa shape index (κ3) is 3.11. The van der Waals surface area contributed by atoms with E-state index in [1.54, 1.807) is 11.9 Å². The molecule has 2 aliphatic rings. The maximum absolute atomic E-state index is 13.8. The number of carbonyl (C=O) groups is 1. The van der Waals surface area contributed by atoms with E-state index in [-0.39, 0.29) is 11.8 Å². The first kappa shape index (κ1) is 19.8. The SMILES string of the molecule is CN=C1C(=C(N)C2CC2)C(=O)N(c2cc(C)c3nnc(C)n3c2)C1c1ccc(Cl)cc1. The Bertz CT molecular complexity index is 1270. The summed E-state index contributed by atoms with van der Waals surface area (Å²) in [6.45, 7) is 3.86. The lowest BCUT2D eigenvalue weighted by atomic mass is 9.98. The molecule has 1 saturated carbocycles. The maximum atomic E-state index is 13.8. The molecule has 8 heteroatoms. The molecule has 2 N–H and O–H groups in total. The van der Waals surface area contributed by atoms with Gasteiger partial charge in [-0.25, -0.2) is 0 Å². The molecule has 158 valence electrons. The number of hydrogen-bond donors (Lipinski definition) is 1. The van der Waals surface area contributed by atoms with Crippen LogP contribution in [0.2, 0.25) is 5.02 Å². The van der Waals surface area contributed by atoms with Gasteiger partial charge in [-0.15, -0.1) is 10.2 Å². The Morgan fingerprint density at radius 2 is 1.90 bits per heavy atom. The number of nitrogens with zero attached hydrogens (tertiary/aromatic N) is 5. The smallest absolute Gasteiger partial charge is 0.262 e. The summed E-state index contributed by atoms with van der Waals surface area (Å²) in [5.74, 6) is 0.882. The Hall–Kier alpha value is -3.19. The number of carbonyl (C=O) groups excluding carboxylic acids is 1. The van der Waals surface area contributed by atoms with E-state index in [1.807, 2.05) is 54.8 Å². The fourth-order valence-corrected chi connectivity index (χ4v) is 4.43. The molecular weight excluding hydrogens is 412 g/mol. The van der Waals surface area contributed by atoms with Crippen LogP contribution in [0.4, 0.5) is 5.69 Å². The second-order valence-electron chi connectivity index (χ2n) is 8.16. The lowest BCUT2D eigenvalue weighted by Gasteiger charge is -2.25. The number of halogens is 1. The monoisotopic (exact) mass is 434 g/mol. The van der Waals surface area contributed by atoms with Crippen molar-refractivity contribution < 1.29 is 4.79 Å². The highest BCUT2D eigenvalue weighted by atomic mass is 35.5. The third-order valence-electron chi connectivity index (χ3n) is 6.06. The molecule has 7 nitrogen and oxygen atoms in total. The minimum atomic E-state index is -0.393. The topological polar surface area (TPSA) is 88.9 Å². The largest absolute Gasteiger partial charge is 0.401 e. The van der Waals surface area contributed by atoms with E-state index < -0.39 is 6.04 Å². The van der Waals surface area contributed by atoms with E-state index in [9.17, 15) is 4.79 Å². The first-order valence-corrected chi connectivity index (χ1v) is 10.7. The quantitative estimate of drug-likeness (QED) is 0.635. The summed E-state index contributed by atoms with van der Waals surface area (Å²) >= 11 is 6.13. The van der Waals surface area contributed by atoms with Gasteiger partial charge in [0.1, 0.15) is 11.9 Å². The van der Waals surface area contributed by atoms with Gasteiger partial charge in [0, 0.05) is 24.0 Å². The molecule has 0 bridgehead atoms. The molecule has 2 fully saturated rings. The standard InChI is InChI=1S/C23H23ClN6O/c1-12-10-17(11-29-13(2)27-28-22(12)29)30-21(15-6-8-16(24)9-7-15)20(26-3)18(23(30)31)19(25)14-4-5-14/h6-11,14,21H,4-5,25H2,1-3H3. The molecule has 1 unspecified atom stereocenters. The molecule has 3 heterocycles. The normalized spacial score (nSPS) is 22.1. The summed E-state index contributed by atoms with van der Waals surface area (Å²) in [7, 11) is 1.72. The van der Waals surface area contributed by atoms with Gasteiger partial charge in [-0.05, 0) is 61.9 Å². The lowest BCUT2D eigenvalue weighted by molar-refractivity contribution is -0.114. The van der Waals surface area contributed by atoms with Crippen molar-refractivity contribution in [1.82, 2.24) is 14.6 Å². The molecule has 1 aliphatic heterocycles. The first-order chi connectivity index (χ1) is 14.9. The highest BCUT2D eigenvalue weighted by Crippen LogP contribution is 2.43. The molecule has 0 radical (unpaired) electrons. The molecule has 3 aromatic rings. The summed E-state index contributed by atoms with van der Waals surface area (Å²) in [6, 6.07) is 9.10. The zero-order valence-electron chi connectivity index (χ0n) is 17.6. The Labute approximate surface area is 185 Å². The van der Waals surface area contributed by atoms with Crippen molar-refractivity contribution in [1.29, 1.82) is 0 Å². The van der Waals surface area contributed by atoms with E-state index in [4.69, 9.17) is 17.3 Å². The second kappa shape index (κ2) is 7.20. The lowest BCUT2D eigenvalue weighted by Crippen LogP contribution is -2.29. The second-order valence-corrected chi connectivity index (χ2v) is 8.60. The number of pyridine rings is 1.